The van der Waals surface area contributed by atoms with E-state index in [-0.39, 0.29) is 12.5 Å². The molecule has 4 heteroatoms. The number of nitrogens with zero attached hydrogens (tertiary/aromatic N) is 1. The molecule has 0 aliphatic carbocycles. The molecule has 1 N–H and O–H groups in total. The molecule has 0 aliphatic heterocycles. The Morgan fingerprint density at radius 1 is 1.28 bits per heavy atom. The quantitative estimate of drug-likeness (QED) is 0.800. The average molecular weight is 250 g/mol. The van der Waals surface area contributed by atoms with Crippen LogP contribution in [0.2, 0.25) is 0 Å². The molecule has 0 aliphatic rings. The second-order valence-corrected chi connectivity index (χ2v) is 4.12. The lowest BCUT2D eigenvalue weighted by atomic mass is 10.2. The van der Waals surface area contributed by atoms with Crippen molar-refractivity contribution in [3.05, 3.63) is 29.8 Å². The van der Waals surface area contributed by atoms with Gasteiger partial charge in [-0.2, -0.15) is 0 Å². The van der Waals surface area contributed by atoms with Gasteiger partial charge in [0.15, 0.2) is 6.61 Å². The fourth-order valence-electron chi connectivity index (χ4n) is 1.40. The van der Waals surface area contributed by atoms with Crippen LogP contribution in [0, 0.1) is 0 Å². The van der Waals surface area contributed by atoms with Crippen LogP contribution in [0.5, 0.6) is 5.75 Å². The van der Waals surface area contributed by atoms with Crippen molar-refractivity contribution in [2.75, 3.05) is 26.7 Å². The summed E-state index contributed by atoms with van der Waals surface area (Å²) in [4.78, 5) is 13.2. The Hall–Kier alpha value is -1.55. The number of hydrogen-bond donors (Lipinski definition) is 1. The molecule has 1 rings (SSSR count). The second-order valence-electron chi connectivity index (χ2n) is 4.12. The van der Waals surface area contributed by atoms with Crippen LogP contribution in [0.4, 0.5) is 0 Å². The standard InChI is InChI=1S/C14H22N2O2/c1-4-15-10-12-6-8-13(9-7-12)18-11-14(17)16(3)5-2/h6-9,15H,4-5,10-11H2,1-3H3. The Morgan fingerprint density at radius 3 is 2.50 bits per heavy atom. The van der Waals surface area contributed by atoms with Gasteiger partial charge in [-0.25, -0.2) is 0 Å². The van der Waals surface area contributed by atoms with Crippen LogP contribution in [0.3, 0.4) is 0 Å². The molecule has 0 aromatic heterocycles. The highest BCUT2D eigenvalue weighted by Crippen LogP contribution is 2.12. The van der Waals surface area contributed by atoms with E-state index in [9.17, 15) is 4.79 Å². The van der Waals surface area contributed by atoms with Crippen LogP contribution in [0.15, 0.2) is 24.3 Å². The van der Waals surface area contributed by atoms with Gasteiger partial charge in [0.25, 0.3) is 5.91 Å². The maximum absolute atomic E-state index is 11.5. The Morgan fingerprint density at radius 2 is 1.94 bits per heavy atom. The van der Waals surface area contributed by atoms with Gasteiger partial charge < -0.3 is 15.0 Å². The summed E-state index contributed by atoms with van der Waals surface area (Å²) in [5, 5.41) is 3.26. The molecule has 1 amide bonds. The Balaban J connectivity index is 2.41. The Labute approximate surface area is 109 Å². The molecular formula is C14H22N2O2. The van der Waals surface area contributed by atoms with E-state index in [0.29, 0.717) is 6.54 Å². The summed E-state index contributed by atoms with van der Waals surface area (Å²) < 4.78 is 5.44. The fourth-order valence-corrected chi connectivity index (χ4v) is 1.40. The molecule has 18 heavy (non-hydrogen) atoms. The Kier molecular flexibility index (Phi) is 6.22. The minimum absolute atomic E-state index is 0.00535. The van der Waals surface area contributed by atoms with E-state index in [4.69, 9.17) is 4.74 Å². The van der Waals surface area contributed by atoms with E-state index in [1.54, 1.807) is 11.9 Å². The number of hydrogen-bond acceptors (Lipinski definition) is 3. The molecule has 4 nitrogen and oxygen atoms in total. The highest BCUT2D eigenvalue weighted by atomic mass is 16.5. The summed E-state index contributed by atoms with van der Waals surface area (Å²) in [5.41, 5.74) is 1.21. The van der Waals surface area contributed by atoms with Gasteiger partial charge in [-0.3, -0.25) is 4.79 Å². The van der Waals surface area contributed by atoms with Crippen molar-refractivity contribution in [2.45, 2.75) is 20.4 Å². The summed E-state index contributed by atoms with van der Waals surface area (Å²) in [7, 11) is 1.77. The van der Waals surface area contributed by atoms with E-state index in [1.807, 2.05) is 31.2 Å². The highest BCUT2D eigenvalue weighted by Gasteiger charge is 2.06. The first-order valence-electron chi connectivity index (χ1n) is 6.33. The summed E-state index contributed by atoms with van der Waals surface area (Å²) >= 11 is 0. The lowest BCUT2D eigenvalue weighted by molar-refractivity contribution is -0.131. The van der Waals surface area contributed by atoms with Gasteiger partial charge >= 0.3 is 0 Å². The zero-order valence-electron chi connectivity index (χ0n) is 11.4. The predicted molar refractivity (Wildman–Crippen MR) is 72.6 cm³/mol. The van der Waals surface area contributed by atoms with Gasteiger partial charge in [-0.05, 0) is 31.2 Å². The van der Waals surface area contributed by atoms with Gasteiger partial charge in [0.1, 0.15) is 5.75 Å². The largest absolute Gasteiger partial charge is 0.484 e. The summed E-state index contributed by atoms with van der Waals surface area (Å²) in [6.45, 7) is 6.62. The van der Waals surface area contributed by atoms with E-state index in [0.717, 1.165) is 18.8 Å². The lowest BCUT2D eigenvalue weighted by Crippen LogP contribution is -2.31. The molecule has 0 radical (unpaired) electrons. The molecule has 1 aromatic rings. The van der Waals surface area contributed by atoms with Gasteiger partial charge in [0.05, 0.1) is 0 Å². The van der Waals surface area contributed by atoms with Gasteiger partial charge in [0, 0.05) is 20.1 Å². The molecule has 0 unspecified atom stereocenters. The number of ether oxygens (including phenoxy) is 1. The molecule has 0 heterocycles. The second kappa shape index (κ2) is 7.71. The van der Waals surface area contributed by atoms with Gasteiger partial charge in [0.2, 0.25) is 0 Å². The van der Waals surface area contributed by atoms with E-state index in [1.165, 1.54) is 5.56 Å². The van der Waals surface area contributed by atoms with Crippen molar-refractivity contribution in [2.24, 2.45) is 0 Å². The minimum Gasteiger partial charge on any atom is -0.484 e. The third-order valence-electron chi connectivity index (χ3n) is 2.76. The molecule has 0 saturated heterocycles. The lowest BCUT2D eigenvalue weighted by Gasteiger charge is -2.14. The number of likely N-dealkylation sites (N-methyl/N-ethyl adjacent to an activating group) is 1. The third kappa shape index (κ3) is 4.75. The van der Waals surface area contributed by atoms with Crippen LogP contribution in [-0.2, 0) is 11.3 Å². The topological polar surface area (TPSA) is 41.6 Å². The molecule has 0 atom stereocenters. The van der Waals surface area contributed by atoms with Crippen LogP contribution in [0.1, 0.15) is 19.4 Å². The van der Waals surface area contributed by atoms with Gasteiger partial charge in [-0.1, -0.05) is 19.1 Å². The third-order valence-corrected chi connectivity index (χ3v) is 2.76. The zero-order valence-corrected chi connectivity index (χ0v) is 11.4. The van der Waals surface area contributed by atoms with Crippen molar-refractivity contribution < 1.29 is 9.53 Å². The zero-order chi connectivity index (χ0) is 13.4. The van der Waals surface area contributed by atoms with Crippen LogP contribution < -0.4 is 10.1 Å². The summed E-state index contributed by atoms with van der Waals surface area (Å²) in [6, 6.07) is 7.80. The first-order valence-corrected chi connectivity index (χ1v) is 6.33. The van der Waals surface area contributed by atoms with E-state index >= 15 is 0 Å². The number of benzene rings is 1. The maximum Gasteiger partial charge on any atom is 0.260 e. The number of nitrogens with one attached hydrogen (secondary N) is 1. The monoisotopic (exact) mass is 250 g/mol. The molecule has 0 bridgehead atoms. The van der Waals surface area contributed by atoms with Crippen molar-refractivity contribution in [1.82, 2.24) is 10.2 Å². The van der Waals surface area contributed by atoms with E-state index < -0.39 is 0 Å². The molecule has 100 valence electrons. The number of carbonyl (C=O) groups is 1. The van der Waals surface area contributed by atoms with Crippen LogP contribution in [0.25, 0.3) is 0 Å². The van der Waals surface area contributed by atoms with Crippen LogP contribution >= 0.6 is 0 Å². The molecule has 1 aromatic carbocycles. The average Bonchev–Trinajstić information content (AvgIpc) is 2.42. The normalized spacial score (nSPS) is 10.2. The highest BCUT2D eigenvalue weighted by molar-refractivity contribution is 5.77. The number of carbonyl (C=O) groups excluding carboxylic acids is 1. The van der Waals surface area contributed by atoms with Crippen molar-refractivity contribution in [3.8, 4) is 5.75 Å². The van der Waals surface area contributed by atoms with Crippen molar-refractivity contribution >= 4 is 5.91 Å². The molecule has 0 fully saturated rings. The summed E-state index contributed by atoms with van der Waals surface area (Å²) in [5.74, 6) is 0.724. The number of rotatable bonds is 7. The minimum atomic E-state index is -0.00535. The Bertz CT molecular complexity index is 363. The molecule has 0 spiro atoms. The van der Waals surface area contributed by atoms with Gasteiger partial charge in [-0.15, -0.1) is 0 Å². The number of amides is 1. The van der Waals surface area contributed by atoms with Crippen LogP contribution in [-0.4, -0.2) is 37.6 Å². The smallest absolute Gasteiger partial charge is 0.260 e. The van der Waals surface area contributed by atoms with Crippen molar-refractivity contribution in [1.29, 1.82) is 0 Å². The fraction of sp³-hybridized carbons (Fsp3) is 0.500. The first-order chi connectivity index (χ1) is 8.67. The first kappa shape index (κ1) is 14.5. The molecular weight excluding hydrogens is 228 g/mol. The summed E-state index contributed by atoms with van der Waals surface area (Å²) in [6.07, 6.45) is 0. The van der Waals surface area contributed by atoms with Crippen molar-refractivity contribution in [3.63, 3.8) is 0 Å². The predicted octanol–water partition coefficient (Wildman–Crippen LogP) is 1.65. The van der Waals surface area contributed by atoms with E-state index in [2.05, 4.69) is 12.2 Å². The SMILES string of the molecule is CCNCc1ccc(OCC(=O)N(C)CC)cc1. The molecule has 0 saturated carbocycles. The maximum atomic E-state index is 11.5.